The van der Waals surface area contributed by atoms with Gasteiger partial charge in [0.1, 0.15) is 4.21 Å². The van der Waals surface area contributed by atoms with Crippen LogP contribution in [0, 0.1) is 6.92 Å². The van der Waals surface area contributed by atoms with Crippen LogP contribution in [-0.4, -0.2) is 35.2 Å². The van der Waals surface area contributed by atoms with Crippen molar-refractivity contribution in [1.29, 1.82) is 0 Å². The van der Waals surface area contributed by atoms with Crippen molar-refractivity contribution in [2.75, 3.05) is 12.8 Å². The van der Waals surface area contributed by atoms with Crippen molar-refractivity contribution in [3.05, 3.63) is 15.4 Å². The number of hydrogen-bond donors (Lipinski definition) is 2. The predicted molar refractivity (Wildman–Crippen MR) is 84.0 cm³/mol. The van der Waals surface area contributed by atoms with Crippen LogP contribution < -0.4 is 9.44 Å². The predicted octanol–water partition coefficient (Wildman–Crippen LogP) is 1.43. The Labute approximate surface area is 132 Å². The van der Waals surface area contributed by atoms with Gasteiger partial charge in [0.15, 0.2) is 0 Å². The Morgan fingerprint density at radius 2 is 1.85 bits per heavy atom. The fourth-order valence-corrected chi connectivity index (χ4v) is 6.01. The van der Waals surface area contributed by atoms with Crippen molar-refractivity contribution < 1.29 is 16.8 Å². The summed E-state index contributed by atoms with van der Waals surface area (Å²) in [5, 5.41) is 0. The molecular weight excluding hydrogens is 388 g/mol. The zero-order valence-corrected chi connectivity index (χ0v) is 15.6. The zero-order chi connectivity index (χ0) is 15.8. The minimum Gasteiger partial charge on any atom is -0.213 e. The Balaban J connectivity index is 2.83. The Bertz CT molecular complexity index is 673. The molecular formula is C10H17BrN2O4S3. The zero-order valence-electron chi connectivity index (χ0n) is 11.5. The van der Waals surface area contributed by atoms with E-state index in [1.54, 1.807) is 26.8 Å². The SMILES string of the molecule is Cc1cc(S(=O)(=O)NCC(C)(C)NS(C)(=O)=O)sc1Br. The third-order valence-electron chi connectivity index (χ3n) is 2.27. The van der Waals surface area contributed by atoms with Crippen molar-refractivity contribution in [2.24, 2.45) is 0 Å². The van der Waals surface area contributed by atoms with Gasteiger partial charge >= 0.3 is 0 Å². The summed E-state index contributed by atoms with van der Waals surface area (Å²) in [4.78, 5) is 0. The maximum absolute atomic E-state index is 12.1. The van der Waals surface area contributed by atoms with Crippen LogP contribution in [0.1, 0.15) is 19.4 Å². The summed E-state index contributed by atoms with van der Waals surface area (Å²) in [5.74, 6) is 0. The molecule has 0 aliphatic carbocycles. The molecule has 0 saturated heterocycles. The summed E-state index contributed by atoms with van der Waals surface area (Å²) in [5.41, 5.74) is -0.0756. The molecule has 20 heavy (non-hydrogen) atoms. The van der Waals surface area contributed by atoms with Crippen LogP contribution in [0.4, 0.5) is 0 Å². The van der Waals surface area contributed by atoms with Gasteiger partial charge in [0, 0.05) is 12.1 Å². The number of rotatable bonds is 6. The van der Waals surface area contributed by atoms with Crippen molar-refractivity contribution in [3.63, 3.8) is 0 Å². The van der Waals surface area contributed by atoms with Crippen LogP contribution >= 0.6 is 27.3 Å². The lowest BCUT2D eigenvalue weighted by atomic mass is 10.1. The van der Waals surface area contributed by atoms with Gasteiger partial charge in [0.05, 0.1) is 10.0 Å². The van der Waals surface area contributed by atoms with Crippen molar-refractivity contribution >= 4 is 47.3 Å². The summed E-state index contributed by atoms with van der Waals surface area (Å²) in [7, 11) is -7.05. The summed E-state index contributed by atoms with van der Waals surface area (Å²) in [6.45, 7) is 4.96. The van der Waals surface area contributed by atoms with E-state index in [2.05, 4.69) is 25.4 Å². The second-order valence-electron chi connectivity index (χ2n) is 5.10. The molecule has 1 rings (SSSR count). The molecule has 0 saturated carbocycles. The lowest BCUT2D eigenvalue weighted by Crippen LogP contribution is -2.50. The highest BCUT2D eigenvalue weighted by Gasteiger charge is 2.26. The number of sulfonamides is 2. The van der Waals surface area contributed by atoms with Gasteiger partial charge in [-0.2, -0.15) is 0 Å². The summed E-state index contributed by atoms with van der Waals surface area (Å²) >= 11 is 4.39. The van der Waals surface area contributed by atoms with Crippen molar-refractivity contribution in [1.82, 2.24) is 9.44 Å². The Morgan fingerprint density at radius 3 is 2.25 bits per heavy atom. The molecule has 0 unspecified atom stereocenters. The third kappa shape index (κ3) is 5.41. The summed E-state index contributed by atoms with van der Waals surface area (Å²) in [6, 6.07) is 1.56. The molecule has 0 amide bonds. The number of halogens is 1. The van der Waals surface area contributed by atoms with E-state index in [1.807, 2.05) is 0 Å². The van der Waals surface area contributed by atoms with E-state index in [1.165, 1.54) is 0 Å². The topological polar surface area (TPSA) is 92.3 Å². The molecule has 0 bridgehead atoms. The number of aryl methyl sites for hydroxylation is 1. The third-order valence-corrected chi connectivity index (χ3v) is 7.20. The van der Waals surface area contributed by atoms with Gasteiger partial charge in [-0.05, 0) is 48.3 Å². The molecule has 1 heterocycles. The van der Waals surface area contributed by atoms with Gasteiger partial charge in [-0.25, -0.2) is 26.3 Å². The van der Waals surface area contributed by atoms with Crippen LogP contribution in [0.3, 0.4) is 0 Å². The van der Waals surface area contributed by atoms with Crippen molar-refractivity contribution in [2.45, 2.75) is 30.5 Å². The fraction of sp³-hybridized carbons (Fsp3) is 0.600. The molecule has 6 nitrogen and oxygen atoms in total. The number of hydrogen-bond acceptors (Lipinski definition) is 5. The quantitative estimate of drug-likeness (QED) is 0.749. The molecule has 116 valence electrons. The Hall–Kier alpha value is -0.000000000000000111. The highest BCUT2D eigenvalue weighted by Crippen LogP contribution is 2.30. The van der Waals surface area contributed by atoms with Crippen LogP contribution in [0.25, 0.3) is 0 Å². The van der Waals surface area contributed by atoms with Gasteiger partial charge in [0.25, 0.3) is 0 Å². The monoisotopic (exact) mass is 404 g/mol. The minimum atomic E-state index is -3.65. The van der Waals surface area contributed by atoms with Crippen LogP contribution in [0.2, 0.25) is 0 Å². The molecule has 10 heteroatoms. The standard InChI is InChI=1S/C10H17BrN2O4S3/c1-7-5-8(18-9(7)11)20(16,17)12-6-10(2,3)13-19(4,14)15/h5,12-13H,6H2,1-4H3. The van der Waals surface area contributed by atoms with E-state index in [9.17, 15) is 16.8 Å². The van der Waals surface area contributed by atoms with E-state index >= 15 is 0 Å². The molecule has 2 N–H and O–H groups in total. The average molecular weight is 405 g/mol. The van der Waals surface area contributed by atoms with Crippen molar-refractivity contribution in [3.8, 4) is 0 Å². The van der Waals surface area contributed by atoms with E-state index in [4.69, 9.17) is 0 Å². The average Bonchev–Trinajstić information content (AvgIpc) is 2.54. The first-order valence-electron chi connectivity index (χ1n) is 5.57. The first kappa shape index (κ1) is 18.1. The number of nitrogens with one attached hydrogen (secondary N) is 2. The van der Waals surface area contributed by atoms with Gasteiger partial charge in [-0.1, -0.05) is 0 Å². The van der Waals surface area contributed by atoms with Gasteiger partial charge in [0.2, 0.25) is 20.0 Å². The van der Waals surface area contributed by atoms with Gasteiger partial charge in [-0.15, -0.1) is 11.3 Å². The molecule has 0 aliphatic rings. The maximum atomic E-state index is 12.1. The minimum absolute atomic E-state index is 0.0447. The van der Waals surface area contributed by atoms with Gasteiger partial charge < -0.3 is 0 Å². The van der Waals surface area contributed by atoms with E-state index in [0.29, 0.717) is 0 Å². The maximum Gasteiger partial charge on any atom is 0.250 e. The summed E-state index contributed by atoms with van der Waals surface area (Å²) in [6.07, 6.45) is 1.03. The molecule has 0 fully saturated rings. The smallest absolute Gasteiger partial charge is 0.213 e. The largest absolute Gasteiger partial charge is 0.250 e. The molecule has 0 aliphatic heterocycles. The molecule has 0 spiro atoms. The molecule has 0 aromatic carbocycles. The van der Waals surface area contributed by atoms with Crippen LogP contribution in [-0.2, 0) is 20.0 Å². The highest BCUT2D eigenvalue weighted by molar-refractivity contribution is 9.11. The molecule has 0 radical (unpaired) electrons. The van der Waals surface area contributed by atoms with E-state index in [0.717, 1.165) is 26.9 Å². The normalized spacial score (nSPS) is 13.7. The first-order valence-corrected chi connectivity index (χ1v) is 10.6. The fourth-order valence-electron chi connectivity index (χ4n) is 1.45. The second-order valence-corrected chi connectivity index (χ2v) is 11.2. The van der Waals surface area contributed by atoms with E-state index < -0.39 is 25.6 Å². The highest BCUT2D eigenvalue weighted by atomic mass is 79.9. The van der Waals surface area contributed by atoms with Crippen LogP contribution in [0.15, 0.2) is 14.1 Å². The van der Waals surface area contributed by atoms with E-state index in [-0.39, 0.29) is 10.8 Å². The lowest BCUT2D eigenvalue weighted by molar-refractivity contribution is 0.446. The number of thiophene rings is 1. The molecule has 1 aromatic heterocycles. The Kier molecular flexibility index (Phi) is 5.43. The van der Waals surface area contributed by atoms with Gasteiger partial charge in [-0.3, -0.25) is 0 Å². The molecule has 0 atom stereocenters. The lowest BCUT2D eigenvalue weighted by Gasteiger charge is -2.24. The van der Waals surface area contributed by atoms with Crippen LogP contribution in [0.5, 0.6) is 0 Å². The second kappa shape index (κ2) is 6.01. The Morgan fingerprint density at radius 1 is 1.30 bits per heavy atom. The molecule has 1 aromatic rings. The first-order chi connectivity index (χ1) is 8.82. The summed E-state index contributed by atoms with van der Waals surface area (Å²) < 4.78 is 52.4.